The van der Waals surface area contributed by atoms with Crippen molar-refractivity contribution in [3.63, 3.8) is 0 Å². The van der Waals surface area contributed by atoms with Gasteiger partial charge in [0.25, 0.3) is 0 Å². The van der Waals surface area contributed by atoms with E-state index < -0.39 is 0 Å². The molecule has 0 N–H and O–H groups in total. The lowest BCUT2D eigenvalue weighted by atomic mass is 9.75. The van der Waals surface area contributed by atoms with Crippen LogP contribution in [0.2, 0.25) is 0 Å². The van der Waals surface area contributed by atoms with Crippen LogP contribution in [0.3, 0.4) is 0 Å². The van der Waals surface area contributed by atoms with E-state index in [0.717, 1.165) is 17.7 Å². The molecular formula is C61H62N2. The second kappa shape index (κ2) is 15.5. The van der Waals surface area contributed by atoms with Gasteiger partial charge in [0, 0.05) is 44.7 Å². The zero-order valence-corrected chi connectivity index (χ0v) is 39.5. The summed E-state index contributed by atoms with van der Waals surface area (Å²) < 4.78 is 0. The molecule has 2 aliphatic carbocycles. The second-order valence-corrected chi connectivity index (χ2v) is 19.7. The van der Waals surface area contributed by atoms with Crippen LogP contribution in [0.5, 0.6) is 0 Å². The maximum atomic E-state index is 4.94. The van der Waals surface area contributed by atoms with Crippen molar-refractivity contribution < 1.29 is 0 Å². The molecule has 9 rings (SSSR count). The molecule has 0 atom stereocenters. The van der Waals surface area contributed by atoms with Crippen molar-refractivity contribution in [2.75, 3.05) is 9.80 Å². The number of aryl methyl sites for hydroxylation is 8. The van der Waals surface area contributed by atoms with Gasteiger partial charge in [-0.05, 0) is 171 Å². The number of benzene rings is 7. The lowest BCUT2D eigenvalue weighted by molar-refractivity contribution is 0.635. The molecule has 0 aromatic heterocycles. The van der Waals surface area contributed by atoms with Gasteiger partial charge in [0.05, 0.1) is 5.69 Å². The third-order valence-electron chi connectivity index (χ3n) is 14.2. The Labute approximate surface area is 377 Å². The van der Waals surface area contributed by atoms with Crippen molar-refractivity contribution in [2.24, 2.45) is 0 Å². The lowest BCUT2D eigenvalue weighted by Crippen LogP contribution is -2.22. The van der Waals surface area contributed by atoms with Gasteiger partial charge in [0.2, 0.25) is 0 Å². The van der Waals surface area contributed by atoms with E-state index in [0.29, 0.717) is 0 Å². The Hall–Kier alpha value is -6.38. The van der Waals surface area contributed by atoms with Crippen molar-refractivity contribution in [3.05, 3.63) is 218 Å². The second-order valence-electron chi connectivity index (χ2n) is 19.7. The highest BCUT2D eigenvalue weighted by molar-refractivity contribution is 6.10. The summed E-state index contributed by atoms with van der Waals surface area (Å²) in [7, 11) is 0. The van der Waals surface area contributed by atoms with Crippen LogP contribution >= 0.6 is 0 Å². The number of fused-ring (bicyclic) bond motifs is 6. The summed E-state index contributed by atoms with van der Waals surface area (Å²) in [6.45, 7) is 32.2. The van der Waals surface area contributed by atoms with Gasteiger partial charge in [0.1, 0.15) is 0 Å². The SMILES string of the molecule is C=C1C=C2/C(=C\Cc3ccc(N(c4ccc(C)cc4C)c4ccc(C)cc4C)cc3C1(C)C)C(C)(C)c1cc(N(c3ccc(C)cc3C)c3ccc(C)cc3C)c3ccccc3c12. The summed E-state index contributed by atoms with van der Waals surface area (Å²) in [5.74, 6) is 0. The highest BCUT2D eigenvalue weighted by Crippen LogP contribution is 2.57. The molecule has 0 amide bonds. The number of rotatable bonds is 6. The van der Waals surface area contributed by atoms with E-state index in [4.69, 9.17) is 6.58 Å². The van der Waals surface area contributed by atoms with Gasteiger partial charge < -0.3 is 9.80 Å². The molecule has 7 aromatic rings. The van der Waals surface area contributed by atoms with Crippen LogP contribution < -0.4 is 9.80 Å². The third kappa shape index (κ3) is 7.05. The van der Waals surface area contributed by atoms with Gasteiger partial charge in [-0.3, -0.25) is 0 Å². The molecule has 0 saturated heterocycles. The standard InChI is InChI=1S/C61H62N2/c1-37-18-26-54(41(5)30-37)62(55-27-19-38(2)31-42(55)6)47-24-22-46-23-25-51-50(34-45(9)60(10,11)52(46)35-47)59-49-17-15-14-16-48(49)58(36-53(59)61(51,12)13)63(56-28-20-39(3)32-43(56)7)57-29-21-40(4)33-44(57)8/h14-22,24-36H,9,23H2,1-8,10-13H3/b50-34?,51-25+. The Bertz CT molecular complexity index is 2990. The minimum Gasteiger partial charge on any atom is -0.310 e. The lowest BCUT2D eigenvalue weighted by Gasteiger charge is -2.33. The fourth-order valence-electron chi connectivity index (χ4n) is 10.7. The Morgan fingerprint density at radius 2 is 0.937 bits per heavy atom. The molecule has 0 radical (unpaired) electrons. The number of hydrogen-bond acceptors (Lipinski definition) is 2. The van der Waals surface area contributed by atoms with E-state index in [-0.39, 0.29) is 10.8 Å². The van der Waals surface area contributed by atoms with Gasteiger partial charge in [-0.15, -0.1) is 0 Å². The Morgan fingerprint density at radius 3 is 1.43 bits per heavy atom. The topological polar surface area (TPSA) is 6.48 Å². The van der Waals surface area contributed by atoms with Crippen molar-refractivity contribution in [1.29, 1.82) is 0 Å². The molecule has 0 spiro atoms. The minimum atomic E-state index is -0.358. The van der Waals surface area contributed by atoms with Crippen molar-refractivity contribution in [3.8, 4) is 0 Å². The molecule has 0 bridgehead atoms. The fraction of sp³-hybridized carbons (Fsp3) is 0.246. The molecular weight excluding hydrogens is 761 g/mol. The van der Waals surface area contributed by atoms with Crippen molar-refractivity contribution >= 4 is 50.5 Å². The van der Waals surface area contributed by atoms with Crippen LogP contribution in [0.15, 0.2) is 151 Å². The van der Waals surface area contributed by atoms with Crippen LogP contribution in [-0.4, -0.2) is 0 Å². The molecule has 0 heterocycles. The molecule has 0 fully saturated rings. The number of nitrogens with zero attached hydrogens (tertiary/aromatic N) is 2. The van der Waals surface area contributed by atoms with Gasteiger partial charge in [0.15, 0.2) is 0 Å². The summed E-state index contributed by atoms with van der Waals surface area (Å²) in [6, 6.07) is 46.1. The highest BCUT2D eigenvalue weighted by Gasteiger charge is 2.42. The summed E-state index contributed by atoms with van der Waals surface area (Å²) in [5.41, 5.74) is 25.7. The quantitative estimate of drug-likeness (QED) is 0.165. The van der Waals surface area contributed by atoms with E-state index in [1.54, 1.807) is 0 Å². The smallest absolute Gasteiger partial charge is 0.0543 e. The average molecular weight is 823 g/mol. The van der Waals surface area contributed by atoms with Crippen LogP contribution in [0.1, 0.15) is 94.5 Å². The number of anilines is 6. The molecule has 0 unspecified atom stereocenters. The summed E-state index contributed by atoms with van der Waals surface area (Å²) in [5, 5.41) is 2.51. The molecule has 2 heteroatoms. The number of hydrogen-bond donors (Lipinski definition) is 0. The first-order chi connectivity index (χ1) is 29.9. The molecule has 63 heavy (non-hydrogen) atoms. The maximum Gasteiger partial charge on any atom is 0.0543 e. The van der Waals surface area contributed by atoms with Gasteiger partial charge >= 0.3 is 0 Å². The van der Waals surface area contributed by atoms with Crippen LogP contribution in [0.25, 0.3) is 16.3 Å². The molecule has 7 aromatic carbocycles. The van der Waals surface area contributed by atoms with Crippen molar-refractivity contribution in [1.82, 2.24) is 0 Å². The zero-order chi connectivity index (χ0) is 44.7. The van der Waals surface area contributed by atoms with Gasteiger partial charge in [-0.2, -0.15) is 0 Å². The predicted octanol–water partition coefficient (Wildman–Crippen LogP) is 16.9. The first-order valence-corrected chi connectivity index (χ1v) is 22.7. The summed E-state index contributed by atoms with van der Waals surface area (Å²) >= 11 is 0. The van der Waals surface area contributed by atoms with Crippen LogP contribution in [-0.2, 0) is 17.3 Å². The normalized spacial score (nSPS) is 15.9. The summed E-state index contributed by atoms with van der Waals surface area (Å²) in [4.78, 5) is 4.98. The van der Waals surface area contributed by atoms with E-state index >= 15 is 0 Å². The van der Waals surface area contributed by atoms with Gasteiger partial charge in [-0.1, -0.05) is 148 Å². The first-order valence-electron chi connectivity index (χ1n) is 22.7. The van der Waals surface area contributed by atoms with Gasteiger partial charge in [-0.25, -0.2) is 0 Å². The van der Waals surface area contributed by atoms with E-state index in [1.165, 1.54) is 117 Å². The summed E-state index contributed by atoms with van der Waals surface area (Å²) in [6.07, 6.45) is 5.79. The van der Waals surface area contributed by atoms with Crippen LogP contribution in [0.4, 0.5) is 34.1 Å². The first kappa shape index (κ1) is 41.9. The zero-order valence-electron chi connectivity index (χ0n) is 39.5. The maximum absolute atomic E-state index is 4.94. The van der Waals surface area contributed by atoms with Crippen LogP contribution in [0, 0.1) is 55.4 Å². The largest absolute Gasteiger partial charge is 0.310 e. The van der Waals surface area contributed by atoms with E-state index in [2.05, 4.69) is 226 Å². The minimum absolute atomic E-state index is 0.270. The molecule has 316 valence electrons. The van der Waals surface area contributed by atoms with E-state index in [9.17, 15) is 0 Å². The molecule has 0 saturated carbocycles. The molecule has 2 nitrogen and oxygen atoms in total. The Kier molecular flexibility index (Phi) is 10.3. The van der Waals surface area contributed by atoms with E-state index in [1.807, 2.05) is 0 Å². The highest BCUT2D eigenvalue weighted by atomic mass is 15.2. The molecule has 2 aliphatic rings. The average Bonchev–Trinajstić information content (AvgIpc) is 3.45. The fourth-order valence-corrected chi connectivity index (χ4v) is 10.7. The van der Waals surface area contributed by atoms with Crippen molar-refractivity contribution in [2.45, 2.75) is 100 Å². The monoisotopic (exact) mass is 822 g/mol. The number of allylic oxidation sites excluding steroid dienone is 5. The Morgan fingerprint density at radius 1 is 0.460 bits per heavy atom. The molecule has 0 aliphatic heterocycles. The predicted molar refractivity (Wildman–Crippen MR) is 273 cm³/mol. The Balaban J connectivity index is 1.23. The third-order valence-corrected chi connectivity index (χ3v) is 14.2.